The van der Waals surface area contributed by atoms with Gasteiger partial charge in [0.1, 0.15) is 5.01 Å². The average Bonchev–Trinajstić information content (AvgIpc) is 3.08. The lowest BCUT2D eigenvalue weighted by atomic mass is 10.2. The molecule has 2 aromatic carbocycles. The van der Waals surface area contributed by atoms with E-state index in [-0.39, 0.29) is 5.91 Å². The van der Waals surface area contributed by atoms with E-state index in [1.54, 1.807) is 6.07 Å². The summed E-state index contributed by atoms with van der Waals surface area (Å²) in [6.45, 7) is 0. The van der Waals surface area contributed by atoms with Gasteiger partial charge in [-0.05, 0) is 17.7 Å². The molecule has 0 aliphatic carbocycles. The van der Waals surface area contributed by atoms with Gasteiger partial charge in [-0.15, -0.1) is 10.2 Å². The number of ether oxygens (including phenoxy) is 2. The van der Waals surface area contributed by atoms with Crippen LogP contribution in [-0.4, -0.2) is 30.3 Å². The number of carbonyl (C=O) groups is 1. The van der Waals surface area contributed by atoms with Crippen molar-refractivity contribution >= 4 is 34.0 Å². The van der Waals surface area contributed by atoms with Gasteiger partial charge in [0.25, 0.3) is 5.91 Å². The molecule has 1 N–H and O–H groups in total. The Balaban J connectivity index is 1.73. The molecule has 0 unspecified atom stereocenters. The van der Waals surface area contributed by atoms with Gasteiger partial charge in [-0.1, -0.05) is 53.3 Å². The molecule has 0 atom stereocenters. The molecule has 1 heterocycles. The topological polar surface area (TPSA) is 73.3 Å². The molecule has 0 saturated carbocycles. The number of hydrogen-bond donors (Lipinski definition) is 1. The summed E-state index contributed by atoms with van der Waals surface area (Å²) in [4.78, 5) is 12.5. The second-order valence-electron chi connectivity index (χ2n) is 5.31. The molecule has 3 aromatic rings. The van der Waals surface area contributed by atoms with Crippen molar-refractivity contribution in [3.05, 3.63) is 63.6 Å². The molecule has 6 nitrogen and oxygen atoms in total. The number of halogens is 1. The van der Waals surface area contributed by atoms with E-state index >= 15 is 0 Å². The van der Waals surface area contributed by atoms with Crippen molar-refractivity contribution in [2.24, 2.45) is 0 Å². The van der Waals surface area contributed by atoms with E-state index in [9.17, 15) is 4.79 Å². The van der Waals surface area contributed by atoms with E-state index in [0.29, 0.717) is 33.6 Å². The van der Waals surface area contributed by atoms with Crippen LogP contribution in [0.4, 0.5) is 5.13 Å². The number of carbonyl (C=O) groups excluding carboxylic acids is 1. The average molecular weight is 390 g/mol. The number of amides is 1. The Morgan fingerprint density at radius 3 is 2.62 bits per heavy atom. The first-order valence-corrected chi connectivity index (χ1v) is 8.89. The summed E-state index contributed by atoms with van der Waals surface area (Å²) < 4.78 is 10.4. The van der Waals surface area contributed by atoms with Crippen molar-refractivity contribution in [3.63, 3.8) is 0 Å². The number of nitrogens with zero attached hydrogens (tertiary/aromatic N) is 2. The third-order valence-electron chi connectivity index (χ3n) is 3.58. The van der Waals surface area contributed by atoms with E-state index in [0.717, 1.165) is 10.6 Å². The van der Waals surface area contributed by atoms with Crippen LogP contribution in [0.15, 0.2) is 42.5 Å². The molecule has 0 bridgehead atoms. The van der Waals surface area contributed by atoms with Crippen LogP contribution in [0.5, 0.6) is 11.5 Å². The molecule has 0 saturated heterocycles. The molecule has 0 radical (unpaired) electrons. The number of benzene rings is 2. The van der Waals surface area contributed by atoms with Gasteiger partial charge < -0.3 is 9.47 Å². The molecule has 3 rings (SSSR count). The zero-order valence-corrected chi connectivity index (χ0v) is 15.7. The third-order valence-corrected chi connectivity index (χ3v) is 4.70. The van der Waals surface area contributed by atoms with E-state index in [1.165, 1.54) is 31.6 Å². The molecule has 0 aliphatic heterocycles. The number of rotatable bonds is 6. The Morgan fingerprint density at radius 1 is 1.15 bits per heavy atom. The maximum absolute atomic E-state index is 12.5. The second kappa shape index (κ2) is 8.16. The maximum atomic E-state index is 12.5. The van der Waals surface area contributed by atoms with Crippen LogP contribution in [0.2, 0.25) is 5.02 Å². The Bertz CT molecular complexity index is 915. The van der Waals surface area contributed by atoms with Crippen LogP contribution in [0.1, 0.15) is 20.9 Å². The zero-order valence-electron chi connectivity index (χ0n) is 14.2. The molecule has 0 spiro atoms. The van der Waals surface area contributed by atoms with E-state index < -0.39 is 0 Å². The van der Waals surface area contributed by atoms with Gasteiger partial charge in [0.05, 0.1) is 19.2 Å². The predicted octanol–water partition coefficient (Wildman–Crippen LogP) is 4.05. The lowest BCUT2D eigenvalue weighted by Crippen LogP contribution is -2.12. The predicted molar refractivity (Wildman–Crippen MR) is 102 cm³/mol. The molecular weight excluding hydrogens is 374 g/mol. The highest BCUT2D eigenvalue weighted by molar-refractivity contribution is 7.15. The van der Waals surface area contributed by atoms with Crippen molar-refractivity contribution < 1.29 is 14.3 Å². The fraction of sp³-hybridized carbons (Fsp3) is 0.167. The summed E-state index contributed by atoms with van der Waals surface area (Å²) in [6.07, 6.45) is 0.663. The van der Waals surface area contributed by atoms with Crippen LogP contribution in [0, 0.1) is 0 Å². The molecule has 0 aliphatic rings. The second-order valence-corrected chi connectivity index (χ2v) is 6.78. The van der Waals surface area contributed by atoms with Crippen LogP contribution < -0.4 is 14.8 Å². The minimum absolute atomic E-state index is 0.291. The van der Waals surface area contributed by atoms with Gasteiger partial charge in [0.15, 0.2) is 11.5 Å². The summed E-state index contributed by atoms with van der Waals surface area (Å²) >= 11 is 7.47. The number of hydrogen-bond acceptors (Lipinski definition) is 6. The van der Waals surface area contributed by atoms with Crippen molar-refractivity contribution in [2.75, 3.05) is 19.5 Å². The van der Waals surface area contributed by atoms with Gasteiger partial charge in [0.2, 0.25) is 5.13 Å². The van der Waals surface area contributed by atoms with Gasteiger partial charge in [-0.25, -0.2) is 0 Å². The van der Waals surface area contributed by atoms with Crippen molar-refractivity contribution in [2.45, 2.75) is 6.42 Å². The third kappa shape index (κ3) is 4.12. The zero-order chi connectivity index (χ0) is 18.5. The fourth-order valence-corrected chi connectivity index (χ4v) is 3.42. The molecule has 1 aromatic heterocycles. The van der Waals surface area contributed by atoms with Crippen LogP contribution in [0.25, 0.3) is 0 Å². The largest absolute Gasteiger partial charge is 0.493 e. The van der Waals surface area contributed by atoms with Crippen molar-refractivity contribution in [3.8, 4) is 11.5 Å². The Morgan fingerprint density at radius 2 is 1.92 bits per heavy atom. The summed E-state index contributed by atoms with van der Waals surface area (Å²) in [5.74, 6) is 0.411. The molecule has 8 heteroatoms. The van der Waals surface area contributed by atoms with E-state index in [2.05, 4.69) is 15.5 Å². The molecule has 0 fully saturated rings. The highest BCUT2D eigenvalue weighted by Crippen LogP contribution is 2.36. The highest BCUT2D eigenvalue weighted by Gasteiger charge is 2.16. The number of aromatic nitrogens is 2. The first kappa shape index (κ1) is 18.2. The fourth-order valence-electron chi connectivity index (χ4n) is 2.36. The number of nitrogens with one attached hydrogen (secondary N) is 1. The van der Waals surface area contributed by atoms with Crippen molar-refractivity contribution in [1.29, 1.82) is 0 Å². The van der Waals surface area contributed by atoms with Gasteiger partial charge in [-0.3, -0.25) is 10.1 Å². The van der Waals surface area contributed by atoms with Gasteiger partial charge in [-0.2, -0.15) is 0 Å². The summed E-state index contributed by atoms with van der Waals surface area (Å²) in [5, 5.41) is 12.4. The Labute approximate surface area is 159 Å². The molecule has 1 amide bonds. The van der Waals surface area contributed by atoms with Crippen LogP contribution >= 0.6 is 22.9 Å². The SMILES string of the molecule is COc1cc(C(=O)Nc2nnc(Cc3ccccc3)s2)cc(Cl)c1OC. The molecule has 134 valence electrons. The van der Waals surface area contributed by atoms with E-state index in [1.807, 2.05) is 30.3 Å². The van der Waals surface area contributed by atoms with Crippen LogP contribution in [-0.2, 0) is 6.42 Å². The summed E-state index contributed by atoms with van der Waals surface area (Å²) in [5.41, 5.74) is 1.47. The van der Waals surface area contributed by atoms with Gasteiger partial charge >= 0.3 is 0 Å². The summed E-state index contributed by atoms with van der Waals surface area (Å²) in [6, 6.07) is 13.0. The minimum Gasteiger partial charge on any atom is -0.493 e. The monoisotopic (exact) mass is 389 g/mol. The lowest BCUT2D eigenvalue weighted by Gasteiger charge is -2.11. The smallest absolute Gasteiger partial charge is 0.257 e. The summed E-state index contributed by atoms with van der Waals surface area (Å²) in [7, 11) is 2.97. The first-order valence-electron chi connectivity index (χ1n) is 7.70. The lowest BCUT2D eigenvalue weighted by molar-refractivity contribution is 0.102. The van der Waals surface area contributed by atoms with Crippen molar-refractivity contribution in [1.82, 2.24) is 10.2 Å². The molecule has 26 heavy (non-hydrogen) atoms. The Kier molecular flexibility index (Phi) is 5.70. The Hall–Kier alpha value is -2.64. The van der Waals surface area contributed by atoms with E-state index in [4.69, 9.17) is 21.1 Å². The quantitative estimate of drug-likeness (QED) is 0.688. The standard InChI is InChI=1S/C18H16ClN3O3S/c1-24-14-10-12(9-13(19)16(14)25-2)17(23)20-18-22-21-15(26-18)8-11-6-4-3-5-7-11/h3-7,9-10H,8H2,1-2H3,(H,20,22,23). The maximum Gasteiger partial charge on any atom is 0.257 e. The van der Waals surface area contributed by atoms with Crippen LogP contribution in [0.3, 0.4) is 0 Å². The number of methoxy groups -OCH3 is 2. The minimum atomic E-state index is -0.352. The van der Waals surface area contributed by atoms with Gasteiger partial charge in [0, 0.05) is 12.0 Å². The highest BCUT2D eigenvalue weighted by atomic mass is 35.5. The first-order chi connectivity index (χ1) is 12.6. The number of anilines is 1. The molecular formula is C18H16ClN3O3S. The normalized spacial score (nSPS) is 10.4.